The van der Waals surface area contributed by atoms with Crippen molar-refractivity contribution in [2.75, 3.05) is 0 Å². The first-order chi connectivity index (χ1) is 5.61. The molecule has 66 valence electrons. The van der Waals surface area contributed by atoms with Crippen LogP contribution in [0.25, 0.3) is 0 Å². The molecular formula is C10H15NS. The van der Waals surface area contributed by atoms with Crippen molar-refractivity contribution in [1.29, 1.82) is 5.41 Å². The van der Waals surface area contributed by atoms with E-state index in [0.29, 0.717) is 0 Å². The van der Waals surface area contributed by atoms with Gasteiger partial charge in [-0.25, -0.2) is 0 Å². The number of hydrogen-bond donors (Lipinski definition) is 2. The van der Waals surface area contributed by atoms with Crippen LogP contribution in [0.3, 0.4) is 0 Å². The fourth-order valence-electron chi connectivity index (χ4n) is 0.775. The van der Waals surface area contributed by atoms with Crippen LogP contribution >= 0.6 is 12.6 Å². The summed E-state index contributed by atoms with van der Waals surface area (Å²) in [4.78, 5) is 0.903. The van der Waals surface area contributed by atoms with E-state index in [9.17, 15) is 0 Å². The number of allylic oxidation sites excluding steroid dienone is 5. The van der Waals surface area contributed by atoms with E-state index < -0.39 is 0 Å². The lowest BCUT2D eigenvalue weighted by atomic mass is 10.1. The molecule has 0 amide bonds. The molecule has 0 spiro atoms. The van der Waals surface area contributed by atoms with Gasteiger partial charge in [-0.05, 0) is 32.4 Å². The van der Waals surface area contributed by atoms with Crippen molar-refractivity contribution < 1.29 is 0 Å². The second-order valence-electron chi connectivity index (χ2n) is 2.68. The lowest BCUT2D eigenvalue weighted by Gasteiger charge is -2.00. The highest BCUT2D eigenvalue weighted by atomic mass is 32.1. The van der Waals surface area contributed by atoms with Crippen LogP contribution in [0, 0.1) is 5.41 Å². The first-order valence-corrected chi connectivity index (χ1v) is 4.27. The molecule has 0 unspecified atom stereocenters. The summed E-state index contributed by atoms with van der Waals surface area (Å²) in [6.45, 7) is 5.97. The van der Waals surface area contributed by atoms with E-state index in [4.69, 9.17) is 5.41 Å². The standard InChI is InChI=1S/C10H15NS/c1-4-10(12)9(5-6-11)7-8(2)3/h4-7,11-12H,1-3H3/b9-5-,10-4+,11-6?. The van der Waals surface area contributed by atoms with Crippen LogP contribution in [-0.2, 0) is 0 Å². The zero-order valence-electron chi connectivity index (χ0n) is 7.76. The molecule has 2 heteroatoms. The molecule has 0 saturated heterocycles. The molecule has 0 aliphatic carbocycles. The first kappa shape index (κ1) is 11.2. The van der Waals surface area contributed by atoms with Crippen molar-refractivity contribution in [3.8, 4) is 0 Å². The molecule has 0 rings (SSSR count). The van der Waals surface area contributed by atoms with Crippen LogP contribution in [0.15, 0.2) is 34.3 Å². The minimum absolute atomic E-state index is 0.903. The summed E-state index contributed by atoms with van der Waals surface area (Å²) in [5.74, 6) is 0. The molecule has 1 N–H and O–H groups in total. The van der Waals surface area contributed by atoms with Gasteiger partial charge in [-0.15, -0.1) is 12.6 Å². The Morgan fingerprint density at radius 3 is 2.25 bits per heavy atom. The average Bonchev–Trinajstić information content (AvgIpc) is 2.01. The van der Waals surface area contributed by atoms with E-state index >= 15 is 0 Å². The van der Waals surface area contributed by atoms with Gasteiger partial charge in [0.15, 0.2) is 0 Å². The van der Waals surface area contributed by atoms with Gasteiger partial charge in [-0.1, -0.05) is 17.7 Å². The van der Waals surface area contributed by atoms with Gasteiger partial charge in [0.2, 0.25) is 0 Å². The fourth-order valence-corrected chi connectivity index (χ4v) is 0.914. The Kier molecular flexibility index (Phi) is 5.47. The molecule has 0 saturated carbocycles. The van der Waals surface area contributed by atoms with Crippen LogP contribution in [0.1, 0.15) is 20.8 Å². The molecule has 0 fully saturated rings. The molecule has 0 aromatic rings. The minimum Gasteiger partial charge on any atom is -0.309 e. The summed E-state index contributed by atoms with van der Waals surface area (Å²) >= 11 is 4.28. The predicted octanol–water partition coefficient (Wildman–Crippen LogP) is 3.36. The van der Waals surface area contributed by atoms with Gasteiger partial charge in [0.05, 0.1) is 0 Å². The molecule has 0 atom stereocenters. The van der Waals surface area contributed by atoms with Crippen molar-refractivity contribution in [3.63, 3.8) is 0 Å². The summed E-state index contributed by atoms with van der Waals surface area (Å²) in [7, 11) is 0. The van der Waals surface area contributed by atoms with Crippen molar-refractivity contribution in [2.45, 2.75) is 20.8 Å². The molecule has 0 bridgehead atoms. The Bertz CT molecular complexity index is 243. The van der Waals surface area contributed by atoms with Crippen molar-refractivity contribution in [1.82, 2.24) is 0 Å². The second-order valence-corrected chi connectivity index (χ2v) is 3.17. The molecule has 0 aromatic heterocycles. The lowest BCUT2D eigenvalue weighted by molar-refractivity contribution is 1.37. The van der Waals surface area contributed by atoms with Crippen molar-refractivity contribution >= 4 is 18.8 Å². The quantitative estimate of drug-likeness (QED) is 0.379. The van der Waals surface area contributed by atoms with Crippen molar-refractivity contribution in [3.05, 3.63) is 34.3 Å². The highest BCUT2D eigenvalue weighted by molar-refractivity contribution is 7.84. The van der Waals surface area contributed by atoms with Gasteiger partial charge in [-0.2, -0.15) is 0 Å². The van der Waals surface area contributed by atoms with Crippen LogP contribution in [0.5, 0.6) is 0 Å². The Labute approximate surface area is 79.8 Å². The smallest absolute Gasteiger partial charge is 0.0184 e. The summed E-state index contributed by atoms with van der Waals surface area (Å²) in [5, 5.41) is 6.95. The van der Waals surface area contributed by atoms with E-state index in [2.05, 4.69) is 12.6 Å². The number of hydrogen-bond acceptors (Lipinski definition) is 2. The Hall–Kier alpha value is -0.760. The van der Waals surface area contributed by atoms with E-state index in [1.807, 2.05) is 32.9 Å². The Morgan fingerprint density at radius 2 is 1.92 bits per heavy atom. The monoisotopic (exact) mass is 181 g/mol. The summed E-state index contributed by atoms with van der Waals surface area (Å²) in [6, 6.07) is 0. The van der Waals surface area contributed by atoms with Crippen LogP contribution < -0.4 is 0 Å². The Morgan fingerprint density at radius 1 is 1.33 bits per heavy atom. The van der Waals surface area contributed by atoms with Crippen LogP contribution in [-0.4, -0.2) is 6.21 Å². The molecule has 0 aliphatic heterocycles. The zero-order valence-corrected chi connectivity index (χ0v) is 8.65. The van der Waals surface area contributed by atoms with Gasteiger partial charge in [0.1, 0.15) is 0 Å². The minimum atomic E-state index is 0.903. The summed E-state index contributed by atoms with van der Waals surface area (Å²) in [5.41, 5.74) is 2.19. The molecule has 1 nitrogen and oxygen atoms in total. The largest absolute Gasteiger partial charge is 0.309 e. The maximum absolute atomic E-state index is 6.95. The van der Waals surface area contributed by atoms with Gasteiger partial charge < -0.3 is 5.41 Å². The lowest BCUT2D eigenvalue weighted by Crippen LogP contribution is -1.80. The van der Waals surface area contributed by atoms with E-state index in [1.165, 1.54) is 11.8 Å². The fraction of sp³-hybridized carbons (Fsp3) is 0.300. The third-order valence-corrected chi connectivity index (χ3v) is 1.79. The van der Waals surface area contributed by atoms with Crippen LogP contribution in [0.2, 0.25) is 0 Å². The van der Waals surface area contributed by atoms with Gasteiger partial charge in [-0.3, -0.25) is 0 Å². The first-order valence-electron chi connectivity index (χ1n) is 3.83. The third kappa shape index (κ3) is 4.19. The number of nitrogens with one attached hydrogen (secondary N) is 1. The van der Waals surface area contributed by atoms with E-state index in [0.717, 1.165) is 10.5 Å². The third-order valence-electron chi connectivity index (χ3n) is 1.28. The molecule has 0 radical (unpaired) electrons. The predicted molar refractivity (Wildman–Crippen MR) is 59.0 cm³/mol. The molecule has 0 aliphatic rings. The summed E-state index contributed by atoms with van der Waals surface area (Å²) < 4.78 is 0. The van der Waals surface area contributed by atoms with Gasteiger partial charge >= 0.3 is 0 Å². The van der Waals surface area contributed by atoms with E-state index in [-0.39, 0.29) is 0 Å². The molecular weight excluding hydrogens is 166 g/mol. The number of thiol groups is 1. The van der Waals surface area contributed by atoms with Crippen LogP contribution in [0.4, 0.5) is 0 Å². The maximum atomic E-state index is 6.95. The molecule has 12 heavy (non-hydrogen) atoms. The second kappa shape index (κ2) is 5.84. The van der Waals surface area contributed by atoms with Gasteiger partial charge in [0, 0.05) is 11.1 Å². The SMILES string of the molecule is C/C=C(S)\C(C=C(C)C)=C/C=N. The number of rotatable bonds is 3. The topological polar surface area (TPSA) is 23.9 Å². The highest BCUT2D eigenvalue weighted by Gasteiger charge is 1.94. The highest BCUT2D eigenvalue weighted by Crippen LogP contribution is 2.16. The van der Waals surface area contributed by atoms with Gasteiger partial charge in [0.25, 0.3) is 0 Å². The maximum Gasteiger partial charge on any atom is 0.0184 e. The zero-order chi connectivity index (χ0) is 9.56. The van der Waals surface area contributed by atoms with Crippen molar-refractivity contribution in [2.24, 2.45) is 0 Å². The average molecular weight is 181 g/mol. The normalized spacial score (nSPS) is 12.7. The van der Waals surface area contributed by atoms with E-state index in [1.54, 1.807) is 6.08 Å². The molecule has 0 aromatic carbocycles. The molecule has 0 heterocycles. The summed E-state index contributed by atoms with van der Waals surface area (Å²) in [6.07, 6.45) is 6.93. The Balaban J connectivity index is 4.81.